The molecule has 0 aromatic heterocycles. The third kappa shape index (κ3) is 11.3. The minimum absolute atomic E-state index is 0.361. The van der Waals surface area contributed by atoms with Crippen LogP contribution in [0.3, 0.4) is 0 Å². The van der Waals surface area contributed by atoms with E-state index in [4.69, 9.17) is 0 Å². The smallest absolute Gasteiger partial charge is 0.0327 e. The van der Waals surface area contributed by atoms with Gasteiger partial charge in [0.2, 0.25) is 0 Å². The Labute approximate surface area is 181 Å². The fourth-order valence-corrected chi connectivity index (χ4v) is 5.11. The lowest BCUT2D eigenvalue weighted by Gasteiger charge is -2.47. The van der Waals surface area contributed by atoms with Crippen molar-refractivity contribution in [1.82, 2.24) is 0 Å². The molecule has 0 heteroatoms. The lowest BCUT2D eigenvalue weighted by atomic mass is 9.59. The van der Waals surface area contributed by atoms with Gasteiger partial charge in [-0.15, -0.1) is 0 Å². The van der Waals surface area contributed by atoms with E-state index in [2.05, 4.69) is 104 Å². The quantitative estimate of drug-likeness (QED) is 0.403. The third-order valence-electron chi connectivity index (χ3n) is 6.69. The maximum atomic E-state index is 2.48. The van der Waals surface area contributed by atoms with Crippen LogP contribution in [0.1, 0.15) is 136 Å². The van der Waals surface area contributed by atoms with E-state index in [-0.39, 0.29) is 0 Å². The minimum Gasteiger partial charge on any atom is -0.0602 e. The molecule has 0 N–H and O–H groups in total. The molecule has 0 aliphatic rings. The lowest BCUT2D eigenvalue weighted by Crippen LogP contribution is -2.38. The van der Waals surface area contributed by atoms with Gasteiger partial charge in [0.05, 0.1) is 0 Å². The maximum Gasteiger partial charge on any atom is -0.0327 e. The Morgan fingerprint density at radius 3 is 1.11 bits per heavy atom. The Hall–Kier alpha value is 0. The maximum absolute atomic E-state index is 2.48. The molecule has 0 aromatic rings. The van der Waals surface area contributed by atoms with Crippen molar-refractivity contribution in [2.75, 3.05) is 0 Å². The first-order valence-corrected chi connectivity index (χ1v) is 12.0. The summed E-state index contributed by atoms with van der Waals surface area (Å²) < 4.78 is 0. The molecule has 0 aliphatic heterocycles. The topological polar surface area (TPSA) is 0 Å². The fraction of sp³-hybridized carbons (Fsp3) is 1.00. The van der Waals surface area contributed by atoms with Crippen LogP contribution in [0, 0.1) is 44.8 Å². The second-order valence-corrected chi connectivity index (χ2v) is 15.5. The zero-order valence-corrected chi connectivity index (χ0v) is 22.8. The van der Waals surface area contributed by atoms with Gasteiger partial charge in [0.15, 0.2) is 0 Å². The molecule has 0 amide bonds. The summed E-state index contributed by atoms with van der Waals surface area (Å²) in [6.45, 7) is 36.7. The van der Waals surface area contributed by atoms with Crippen molar-refractivity contribution in [2.45, 2.75) is 136 Å². The molecule has 0 rings (SSSR count). The number of hydrogen-bond acceptors (Lipinski definition) is 0. The highest BCUT2D eigenvalue weighted by atomic mass is 14.5. The molecule has 0 nitrogen and oxygen atoms in total. The monoisotopic (exact) mass is 394 g/mol. The van der Waals surface area contributed by atoms with Crippen LogP contribution in [-0.2, 0) is 0 Å². The molecule has 0 aliphatic carbocycles. The Morgan fingerprint density at radius 2 is 0.821 bits per heavy atom. The zero-order valence-electron chi connectivity index (χ0n) is 22.8. The predicted molar refractivity (Wildman–Crippen MR) is 131 cm³/mol. The van der Waals surface area contributed by atoms with Crippen LogP contribution in [0.15, 0.2) is 0 Å². The average molecular weight is 395 g/mol. The van der Waals surface area contributed by atoms with E-state index in [0.29, 0.717) is 27.1 Å². The Bertz CT molecular complexity index is 433. The van der Waals surface area contributed by atoms with Crippen molar-refractivity contribution in [3.8, 4) is 0 Å². The molecule has 2 unspecified atom stereocenters. The largest absolute Gasteiger partial charge is 0.0602 e. The van der Waals surface area contributed by atoms with Crippen LogP contribution >= 0.6 is 0 Å². The van der Waals surface area contributed by atoms with Gasteiger partial charge in [-0.05, 0) is 70.5 Å². The normalized spacial score (nSPS) is 18.1. The summed E-state index contributed by atoms with van der Waals surface area (Å²) in [7, 11) is 0. The van der Waals surface area contributed by atoms with Gasteiger partial charge in [0, 0.05) is 0 Å². The van der Waals surface area contributed by atoms with Crippen molar-refractivity contribution >= 4 is 0 Å². The van der Waals surface area contributed by atoms with Crippen LogP contribution in [0.4, 0.5) is 0 Å². The molecule has 0 saturated heterocycles. The van der Waals surface area contributed by atoms with Crippen molar-refractivity contribution in [3.63, 3.8) is 0 Å². The summed E-state index contributed by atoms with van der Waals surface area (Å²) in [4.78, 5) is 0. The predicted octanol–water partition coefficient (Wildman–Crippen LogP) is 10.0. The molecule has 0 bridgehead atoms. The van der Waals surface area contributed by atoms with E-state index in [1.165, 1.54) is 32.1 Å². The molecular formula is C28H58. The standard InChI is InChI=1S/C28H58/c1-24(2,3)19-21(26(7,8)9)17-16-18-22(27(10,11)12)23(28(13,14)15)20-25(4,5)6/h21-23H,16-20H2,1-15H3/t21-,22?,23?/m0/s1. The van der Waals surface area contributed by atoms with E-state index in [1.54, 1.807) is 0 Å². The van der Waals surface area contributed by atoms with Gasteiger partial charge in [0.1, 0.15) is 0 Å². The summed E-state index contributed by atoms with van der Waals surface area (Å²) in [6.07, 6.45) is 6.78. The summed E-state index contributed by atoms with van der Waals surface area (Å²) >= 11 is 0. The van der Waals surface area contributed by atoms with Gasteiger partial charge >= 0.3 is 0 Å². The first kappa shape index (κ1) is 28.0. The molecule has 170 valence electrons. The van der Waals surface area contributed by atoms with Crippen LogP contribution < -0.4 is 0 Å². The summed E-state index contributed by atoms with van der Waals surface area (Å²) in [5, 5.41) is 0. The Morgan fingerprint density at radius 1 is 0.429 bits per heavy atom. The summed E-state index contributed by atoms with van der Waals surface area (Å²) in [6, 6.07) is 0. The molecule has 0 heterocycles. The lowest BCUT2D eigenvalue weighted by molar-refractivity contribution is 0.0290. The summed E-state index contributed by atoms with van der Waals surface area (Å²) in [5.41, 5.74) is 1.94. The molecule has 0 fully saturated rings. The van der Waals surface area contributed by atoms with Gasteiger partial charge in [-0.25, -0.2) is 0 Å². The van der Waals surface area contributed by atoms with Gasteiger partial charge in [-0.3, -0.25) is 0 Å². The molecule has 28 heavy (non-hydrogen) atoms. The van der Waals surface area contributed by atoms with Gasteiger partial charge in [-0.1, -0.05) is 110 Å². The third-order valence-corrected chi connectivity index (χ3v) is 6.69. The zero-order chi connectivity index (χ0) is 22.8. The molecule has 0 spiro atoms. The highest BCUT2D eigenvalue weighted by Gasteiger charge is 2.40. The summed E-state index contributed by atoms with van der Waals surface area (Å²) in [5.74, 6) is 2.36. The van der Waals surface area contributed by atoms with Crippen molar-refractivity contribution in [1.29, 1.82) is 0 Å². The van der Waals surface area contributed by atoms with Crippen LogP contribution in [0.2, 0.25) is 0 Å². The van der Waals surface area contributed by atoms with Crippen LogP contribution in [-0.4, -0.2) is 0 Å². The Balaban J connectivity index is 5.44. The second-order valence-electron chi connectivity index (χ2n) is 15.5. The van der Waals surface area contributed by atoms with Crippen molar-refractivity contribution < 1.29 is 0 Å². The van der Waals surface area contributed by atoms with Crippen LogP contribution in [0.25, 0.3) is 0 Å². The molecule has 3 atom stereocenters. The highest BCUT2D eigenvalue weighted by Crippen LogP contribution is 2.49. The van der Waals surface area contributed by atoms with Crippen molar-refractivity contribution in [3.05, 3.63) is 0 Å². The van der Waals surface area contributed by atoms with Gasteiger partial charge in [0.25, 0.3) is 0 Å². The first-order valence-electron chi connectivity index (χ1n) is 12.0. The number of hydrogen-bond donors (Lipinski definition) is 0. The van der Waals surface area contributed by atoms with E-state index in [1.807, 2.05) is 0 Å². The molecule has 0 saturated carbocycles. The van der Waals surface area contributed by atoms with Crippen LogP contribution in [0.5, 0.6) is 0 Å². The van der Waals surface area contributed by atoms with Gasteiger partial charge < -0.3 is 0 Å². The minimum atomic E-state index is 0.361. The second kappa shape index (κ2) is 9.43. The van der Waals surface area contributed by atoms with Crippen molar-refractivity contribution in [2.24, 2.45) is 44.8 Å². The van der Waals surface area contributed by atoms with E-state index < -0.39 is 0 Å². The van der Waals surface area contributed by atoms with E-state index in [9.17, 15) is 0 Å². The van der Waals surface area contributed by atoms with E-state index >= 15 is 0 Å². The number of rotatable bonds is 7. The molecular weight excluding hydrogens is 336 g/mol. The molecule has 0 aromatic carbocycles. The highest BCUT2D eigenvalue weighted by molar-refractivity contribution is 4.90. The van der Waals surface area contributed by atoms with E-state index in [0.717, 1.165) is 17.8 Å². The average Bonchev–Trinajstić information content (AvgIpc) is 2.33. The first-order chi connectivity index (χ1) is 12.0. The SMILES string of the molecule is CC(C)(C)CC(C(CCC[C@@H](CC(C)(C)C)C(C)(C)C)C(C)(C)C)C(C)(C)C. The molecule has 0 radical (unpaired) electrons. The fourth-order valence-electron chi connectivity index (χ4n) is 5.11. The Kier molecular flexibility index (Phi) is 9.43. The van der Waals surface area contributed by atoms with Gasteiger partial charge in [-0.2, -0.15) is 0 Å².